The Labute approximate surface area is 154 Å². The number of hydrogen-bond acceptors (Lipinski definition) is 3. The highest BCUT2D eigenvalue weighted by Crippen LogP contribution is 2.25. The summed E-state index contributed by atoms with van der Waals surface area (Å²) in [6, 6.07) is 15.6. The lowest BCUT2D eigenvalue weighted by molar-refractivity contribution is -0.126. The van der Waals surface area contributed by atoms with Gasteiger partial charge >= 0.3 is 0 Å². The number of ether oxygens (including phenoxy) is 1. The van der Waals surface area contributed by atoms with E-state index in [1.807, 2.05) is 55.5 Å². The summed E-state index contributed by atoms with van der Waals surface area (Å²) in [5.74, 6) is 0.476. The SMILES string of the molecule is COc1ccc(CCNC(=O)[C@@H]2CC(=O)N(c3ccc(C)cc3)C2)cc1. The van der Waals surface area contributed by atoms with Gasteiger partial charge < -0.3 is 15.0 Å². The van der Waals surface area contributed by atoms with Crippen molar-refractivity contribution in [3.05, 3.63) is 59.7 Å². The summed E-state index contributed by atoms with van der Waals surface area (Å²) in [6.45, 7) is 3.01. The molecule has 1 aliphatic rings. The Morgan fingerprint density at radius 1 is 1.15 bits per heavy atom. The van der Waals surface area contributed by atoms with Crippen LogP contribution in [0.2, 0.25) is 0 Å². The maximum absolute atomic E-state index is 12.4. The monoisotopic (exact) mass is 352 g/mol. The summed E-state index contributed by atoms with van der Waals surface area (Å²) in [7, 11) is 1.64. The summed E-state index contributed by atoms with van der Waals surface area (Å²) in [4.78, 5) is 26.4. The van der Waals surface area contributed by atoms with Gasteiger partial charge in [0.05, 0.1) is 13.0 Å². The molecule has 1 aliphatic heterocycles. The summed E-state index contributed by atoms with van der Waals surface area (Å²) < 4.78 is 5.14. The highest BCUT2D eigenvalue weighted by atomic mass is 16.5. The van der Waals surface area contributed by atoms with Gasteiger partial charge in [0.1, 0.15) is 5.75 Å². The molecule has 0 bridgehead atoms. The molecule has 1 heterocycles. The van der Waals surface area contributed by atoms with E-state index in [1.165, 1.54) is 0 Å². The van der Waals surface area contributed by atoms with Crippen molar-refractivity contribution in [3.8, 4) is 5.75 Å². The fourth-order valence-electron chi connectivity index (χ4n) is 3.12. The van der Waals surface area contributed by atoms with Crippen molar-refractivity contribution < 1.29 is 14.3 Å². The quantitative estimate of drug-likeness (QED) is 0.870. The van der Waals surface area contributed by atoms with Gasteiger partial charge in [-0.3, -0.25) is 9.59 Å². The minimum atomic E-state index is -0.292. The minimum Gasteiger partial charge on any atom is -0.497 e. The second kappa shape index (κ2) is 8.04. The van der Waals surface area contributed by atoms with E-state index in [4.69, 9.17) is 4.74 Å². The van der Waals surface area contributed by atoms with Crippen LogP contribution in [0.25, 0.3) is 0 Å². The molecular formula is C21H24N2O3. The van der Waals surface area contributed by atoms with Gasteiger partial charge in [0.25, 0.3) is 0 Å². The number of hydrogen-bond donors (Lipinski definition) is 1. The average Bonchev–Trinajstić information content (AvgIpc) is 3.05. The van der Waals surface area contributed by atoms with E-state index < -0.39 is 0 Å². The van der Waals surface area contributed by atoms with Crippen LogP contribution in [0.3, 0.4) is 0 Å². The lowest BCUT2D eigenvalue weighted by Gasteiger charge is -2.17. The van der Waals surface area contributed by atoms with Gasteiger partial charge in [-0.2, -0.15) is 0 Å². The Hall–Kier alpha value is -2.82. The molecule has 2 amide bonds. The summed E-state index contributed by atoms with van der Waals surface area (Å²) in [6.07, 6.45) is 1.01. The minimum absolute atomic E-state index is 0.00385. The number of carbonyl (C=O) groups is 2. The van der Waals surface area contributed by atoms with E-state index in [0.29, 0.717) is 13.1 Å². The molecule has 136 valence electrons. The maximum Gasteiger partial charge on any atom is 0.227 e. The molecule has 1 N–H and O–H groups in total. The highest BCUT2D eigenvalue weighted by Gasteiger charge is 2.34. The van der Waals surface area contributed by atoms with Gasteiger partial charge in [-0.1, -0.05) is 29.8 Å². The van der Waals surface area contributed by atoms with Gasteiger partial charge in [0.2, 0.25) is 11.8 Å². The third kappa shape index (κ3) is 4.23. The van der Waals surface area contributed by atoms with Crippen molar-refractivity contribution in [2.24, 2.45) is 5.92 Å². The molecule has 0 radical (unpaired) electrons. The molecule has 0 saturated carbocycles. The predicted molar refractivity (Wildman–Crippen MR) is 101 cm³/mol. The van der Waals surface area contributed by atoms with Crippen LogP contribution in [0, 0.1) is 12.8 Å². The van der Waals surface area contributed by atoms with Gasteiger partial charge in [-0.25, -0.2) is 0 Å². The first-order chi connectivity index (χ1) is 12.6. The maximum atomic E-state index is 12.4. The molecule has 2 aromatic carbocycles. The van der Waals surface area contributed by atoms with E-state index in [9.17, 15) is 9.59 Å². The number of methoxy groups -OCH3 is 1. The molecule has 0 spiro atoms. The Kier molecular flexibility index (Phi) is 5.56. The third-order valence-electron chi connectivity index (χ3n) is 4.71. The lowest BCUT2D eigenvalue weighted by atomic mass is 10.1. The number of aryl methyl sites for hydroxylation is 1. The number of carbonyl (C=O) groups excluding carboxylic acids is 2. The number of anilines is 1. The van der Waals surface area contributed by atoms with E-state index >= 15 is 0 Å². The van der Waals surface area contributed by atoms with Crippen LogP contribution < -0.4 is 15.0 Å². The van der Waals surface area contributed by atoms with Crippen LogP contribution in [-0.4, -0.2) is 32.0 Å². The average molecular weight is 352 g/mol. The molecule has 5 nitrogen and oxygen atoms in total. The number of nitrogens with one attached hydrogen (secondary N) is 1. The number of benzene rings is 2. The van der Waals surface area contributed by atoms with Crippen LogP contribution in [0.1, 0.15) is 17.5 Å². The summed E-state index contributed by atoms with van der Waals surface area (Å²) >= 11 is 0. The fraction of sp³-hybridized carbons (Fsp3) is 0.333. The molecule has 0 unspecified atom stereocenters. The second-order valence-electron chi connectivity index (χ2n) is 6.63. The van der Waals surface area contributed by atoms with Crippen molar-refractivity contribution in [2.75, 3.05) is 25.1 Å². The van der Waals surface area contributed by atoms with Crippen molar-refractivity contribution in [1.82, 2.24) is 5.32 Å². The predicted octanol–water partition coefficient (Wildman–Crippen LogP) is 2.72. The highest BCUT2D eigenvalue weighted by molar-refractivity contribution is 6.00. The van der Waals surface area contributed by atoms with Gasteiger partial charge in [0.15, 0.2) is 0 Å². The van der Waals surface area contributed by atoms with Gasteiger partial charge in [0, 0.05) is 25.2 Å². The fourth-order valence-corrected chi connectivity index (χ4v) is 3.12. The Morgan fingerprint density at radius 2 is 1.85 bits per heavy atom. The zero-order chi connectivity index (χ0) is 18.5. The molecule has 26 heavy (non-hydrogen) atoms. The van der Waals surface area contributed by atoms with Crippen LogP contribution in [0.4, 0.5) is 5.69 Å². The smallest absolute Gasteiger partial charge is 0.227 e. The number of nitrogens with zero attached hydrogens (tertiary/aromatic N) is 1. The van der Waals surface area contributed by atoms with Crippen molar-refractivity contribution in [2.45, 2.75) is 19.8 Å². The normalized spacial score (nSPS) is 16.6. The van der Waals surface area contributed by atoms with Crippen LogP contribution >= 0.6 is 0 Å². The molecule has 1 atom stereocenters. The zero-order valence-electron chi connectivity index (χ0n) is 15.2. The first kappa shape index (κ1) is 18.0. The van der Waals surface area contributed by atoms with E-state index in [0.717, 1.165) is 29.0 Å². The lowest BCUT2D eigenvalue weighted by Crippen LogP contribution is -2.34. The van der Waals surface area contributed by atoms with Crippen LogP contribution in [0.5, 0.6) is 5.75 Å². The van der Waals surface area contributed by atoms with Gasteiger partial charge in [-0.15, -0.1) is 0 Å². The summed E-state index contributed by atoms with van der Waals surface area (Å²) in [5, 5.41) is 2.95. The Balaban J connectivity index is 1.50. The molecule has 0 aliphatic carbocycles. The van der Waals surface area contributed by atoms with E-state index in [1.54, 1.807) is 12.0 Å². The first-order valence-electron chi connectivity index (χ1n) is 8.84. The molecular weight excluding hydrogens is 328 g/mol. The molecule has 1 fully saturated rings. The van der Waals surface area contributed by atoms with Crippen molar-refractivity contribution in [1.29, 1.82) is 0 Å². The topological polar surface area (TPSA) is 58.6 Å². The third-order valence-corrected chi connectivity index (χ3v) is 4.71. The first-order valence-corrected chi connectivity index (χ1v) is 8.84. The van der Waals surface area contributed by atoms with E-state index in [2.05, 4.69) is 5.32 Å². The molecule has 5 heteroatoms. The standard InChI is InChI=1S/C21H24N2O3/c1-15-3-7-18(8-4-15)23-14-17(13-20(23)24)21(25)22-12-11-16-5-9-19(26-2)10-6-16/h3-10,17H,11-14H2,1-2H3,(H,22,25)/t17-/m1/s1. The summed E-state index contributed by atoms with van der Waals surface area (Å²) in [5.41, 5.74) is 3.14. The largest absolute Gasteiger partial charge is 0.497 e. The number of rotatable bonds is 6. The van der Waals surface area contributed by atoms with Gasteiger partial charge in [-0.05, 0) is 43.2 Å². The molecule has 2 aromatic rings. The molecule has 3 rings (SSSR count). The van der Waals surface area contributed by atoms with Crippen molar-refractivity contribution in [3.63, 3.8) is 0 Å². The number of amides is 2. The van der Waals surface area contributed by atoms with Crippen LogP contribution in [0.15, 0.2) is 48.5 Å². The van der Waals surface area contributed by atoms with E-state index in [-0.39, 0.29) is 24.2 Å². The van der Waals surface area contributed by atoms with Crippen molar-refractivity contribution >= 4 is 17.5 Å². The second-order valence-corrected chi connectivity index (χ2v) is 6.63. The zero-order valence-corrected chi connectivity index (χ0v) is 15.2. The molecule has 1 saturated heterocycles. The Bertz CT molecular complexity index is 769. The van der Waals surface area contributed by atoms with Crippen LogP contribution in [-0.2, 0) is 16.0 Å². The Morgan fingerprint density at radius 3 is 2.50 bits per heavy atom. The molecule has 0 aromatic heterocycles.